The highest BCUT2D eigenvalue weighted by atomic mass is 16.5. The summed E-state index contributed by atoms with van der Waals surface area (Å²) >= 11 is 0. The zero-order chi connectivity index (χ0) is 19.5. The maximum atomic E-state index is 13.1. The molecule has 146 valence electrons. The number of Topliss-reactive ketones (excluding diaryl/α,β-unsaturated/α-hetero) is 1. The van der Waals surface area contributed by atoms with Gasteiger partial charge in [-0.3, -0.25) is 9.59 Å². The molecule has 4 saturated carbocycles. The van der Waals surface area contributed by atoms with E-state index in [1.165, 1.54) is 26.3 Å². The molecule has 28 heavy (non-hydrogen) atoms. The number of esters is 1. The molecule has 1 aromatic carbocycles. The third-order valence-electron chi connectivity index (χ3n) is 7.11. The highest BCUT2D eigenvalue weighted by Gasteiger charge is 2.54. The summed E-state index contributed by atoms with van der Waals surface area (Å²) in [6.45, 7) is -0.205. The number of carbonyl (C=O) groups excluding carboxylic acids is 2. The summed E-state index contributed by atoms with van der Waals surface area (Å²) in [6, 6.07) is 6.84. The second-order valence-corrected chi connectivity index (χ2v) is 9.02. The lowest BCUT2D eigenvalue weighted by molar-refractivity contribution is -0.147. The van der Waals surface area contributed by atoms with Crippen LogP contribution in [-0.2, 0) is 16.6 Å². The van der Waals surface area contributed by atoms with Gasteiger partial charge in [0.2, 0.25) is 0 Å². The van der Waals surface area contributed by atoms with E-state index < -0.39 is 5.97 Å². The number of rotatable bonds is 4. The minimum absolute atomic E-state index is 0.0640. The molecule has 4 fully saturated rings. The summed E-state index contributed by atoms with van der Waals surface area (Å²) in [4.78, 5) is 38.0. The Hall–Kier alpha value is -2.50. The Morgan fingerprint density at radius 2 is 1.64 bits per heavy atom. The van der Waals surface area contributed by atoms with E-state index in [0.29, 0.717) is 28.5 Å². The molecule has 4 bridgehead atoms. The number of hydrogen-bond acceptors (Lipinski definition) is 5. The Labute approximate surface area is 162 Å². The predicted octanol–water partition coefficient (Wildman–Crippen LogP) is 2.88. The number of carbonyl (C=O) groups is 2. The van der Waals surface area contributed by atoms with Crippen LogP contribution in [0.1, 0.15) is 49.0 Å². The maximum absolute atomic E-state index is 13.1. The first-order valence-corrected chi connectivity index (χ1v) is 10.1. The number of benzene rings is 1. The molecule has 4 aliphatic rings. The van der Waals surface area contributed by atoms with Gasteiger partial charge in [-0.1, -0.05) is 18.2 Å². The summed E-state index contributed by atoms with van der Waals surface area (Å²) < 4.78 is 6.55. The van der Waals surface area contributed by atoms with Crippen molar-refractivity contribution in [2.75, 3.05) is 6.61 Å². The van der Waals surface area contributed by atoms with Crippen molar-refractivity contribution in [1.29, 1.82) is 0 Å². The fourth-order valence-electron chi connectivity index (χ4n) is 6.26. The van der Waals surface area contributed by atoms with Gasteiger partial charge in [0.1, 0.15) is 0 Å². The van der Waals surface area contributed by atoms with Crippen LogP contribution in [0.25, 0.3) is 10.8 Å². The number of fused-ring (bicyclic) bond motifs is 1. The van der Waals surface area contributed by atoms with Crippen molar-refractivity contribution in [3.8, 4) is 0 Å². The van der Waals surface area contributed by atoms with E-state index in [1.54, 1.807) is 24.3 Å². The monoisotopic (exact) mass is 380 g/mol. The number of aromatic nitrogens is 2. The first kappa shape index (κ1) is 17.6. The van der Waals surface area contributed by atoms with Gasteiger partial charge in [0, 0.05) is 17.8 Å². The van der Waals surface area contributed by atoms with Crippen molar-refractivity contribution in [2.24, 2.45) is 30.2 Å². The minimum Gasteiger partial charge on any atom is -0.453 e. The van der Waals surface area contributed by atoms with Gasteiger partial charge in [-0.05, 0) is 62.3 Å². The largest absolute Gasteiger partial charge is 0.453 e. The zero-order valence-electron chi connectivity index (χ0n) is 16.0. The first-order chi connectivity index (χ1) is 13.4. The SMILES string of the molecule is Cn1nc(C(=O)OCC(=O)C23CC4CC(CC(C4)C2)C3)c2ccccc2c1=O. The van der Waals surface area contributed by atoms with Crippen LogP contribution in [0.3, 0.4) is 0 Å². The molecule has 1 heterocycles. The molecule has 6 heteroatoms. The smallest absolute Gasteiger partial charge is 0.359 e. The third-order valence-corrected chi connectivity index (χ3v) is 7.11. The van der Waals surface area contributed by atoms with E-state index in [2.05, 4.69) is 5.10 Å². The van der Waals surface area contributed by atoms with Gasteiger partial charge in [0.15, 0.2) is 18.1 Å². The lowest BCUT2D eigenvalue weighted by Crippen LogP contribution is -2.51. The van der Waals surface area contributed by atoms with E-state index in [1.807, 2.05) is 0 Å². The fraction of sp³-hybridized carbons (Fsp3) is 0.545. The summed E-state index contributed by atoms with van der Waals surface area (Å²) in [5, 5.41) is 4.96. The molecule has 1 aromatic heterocycles. The molecule has 2 aromatic rings. The van der Waals surface area contributed by atoms with Crippen LogP contribution < -0.4 is 5.56 Å². The van der Waals surface area contributed by atoms with Crippen molar-refractivity contribution in [3.05, 3.63) is 40.3 Å². The van der Waals surface area contributed by atoms with Gasteiger partial charge in [-0.2, -0.15) is 5.10 Å². The quantitative estimate of drug-likeness (QED) is 0.762. The highest BCUT2D eigenvalue weighted by molar-refractivity contribution is 6.02. The van der Waals surface area contributed by atoms with E-state index in [4.69, 9.17) is 4.74 Å². The lowest BCUT2D eigenvalue weighted by atomic mass is 9.48. The maximum Gasteiger partial charge on any atom is 0.359 e. The highest BCUT2D eigenvalue weighted by Crippen LogP contribution is 2.60. The van der Waals surface area contributed by atoms with Crippen molar-refractivity contribution >= 4 is 22.5 Å². The van der Waals surface area contributed by atoms with E-state index >= 15 is 0 Å². The van der Waals surface area contributed by atoms with Crippen molar-refractivity contribution in [3.63, 3.8) is 0 Å². The topological polar surface area (TPSA) is 78.3 Å². The molecule has 0 saturated heterocycles. The van der Waals surface area contributed by atoms with Gasteiger partial charge in [0.25, 0.3) is 5.56 Å². The van der Waals surface area contributed by atoms with Gasteiger partial charge >= 0.3 is 5.97 Å². The summed E-state index contributed by atoms with van der Waals surface area (Å²) in [5.74, 6) is 1.42. The fourth-order valence-corrected chi connectivity index (χ4v) is 6.26. The number of nitrogens with zero attached hydrogens (tertiary/aromatic N) is 2. The zero-order valence-corrected chi connectivity index (χ0v) is 16.0. The van der Waals surface area contributed by atoms with Crippen LogP contribution in [0.15, 0.2) is 29.1 Å². The Bertz CT molecular complexity index is 1000. The summed E-state index contributed by atoms with van der Waals surface area (Å²) in [7, 11) is 1.51. The normalized spacial score (nSPS) is 30.5. The second-order valence-electron chi connectivity index (χ2n) is 9.02. The number of ether oxygens (including phenoxy) is 1. The van der Waals surface area contributed by atoms with Crippen LogP contribution in [0, 0.1) is 23.2 Å². The predicted molar refractivity (Wildman–Crippen MR) is 103 cm³/mol. The van der Waals surface area contributed by atoms with Gasteiger partial charge in [0.05, 0.1) is 5.39 Å². The number of aryl methyl sites for hydroxylation is 1. The van der Waals surface area contributed by atoms with Gasteiger partial charge in [-0.25, -0.2) is 9.48 Å². The van der Waals surface area contributed by atoms with E-state index in [-0.39, 0.29) is 29.1 Å². The lowest BCUT2D eigenvalue weighted by Gasteiger charge is -2.55. The Kier molecular flexibility index (Phi) is 3.93. The molecule has 6 rings (SSSR count). The van der Waals surface area contributed by atoms with Crippen molar-refractivity contribution in [1.82, 2.24) is 9.78 Å². The molecule has 0 radical (unpaired) electrons. The molecule has 0 aliphatic heterocycles. The third kappa shape index (κ3) is 2.69. The van der Waals surface area contributed by atoms with E-state index in [9.17, 15) is 14.4 Å². The van der Waals surface area contributed by atoms with Crippen LogP contribution in [0.4, 0.5) is 0 Å². The Morgan fingerprint density at radius 1 is 1.07 bits per heavy atom. The average Bonchev–Trinajstić information content (AvgIpc) is 2.67. The van der Waals surface area contributed by atoms with E-state index in [0.717, 1.165) is 23.9 Å². The summed E-state index contributed by atoms with van der Waals surface area (Å²) in [6.07, 6.45) is 6.66. The van der Waals surface area contributed by atoms with Crippen LogP contribution in [-0.4, -0.2) is 28.1 Å². The van der Waals surface area contributed by atoms with Gasteiger partial charge in [-0.15, -0.1) is 0 Å². The summed E-state index contributed by atoms with van der Waals surface area (Å²) in [5.41, 5.74) is -0.471. The molecule has 0 N–H and O–H groups in total. The molecule has 0 amide bonds. The molecule has 4 aliphatic carbocycles. The van der Waals surface area contributed by atoms with Crippen molar-refractivity contribution < 1.29 is 14.3 Å². The molecular formula is C22H24N2O4. The minimum atomic E-state index is -0.648. The number of hydrogen-bond donors (Lipinski definition) is 0. The average molecular weight is 380 g/mol. The molecule has 0 unspecified atom stereocenters. The van der Waals surface area contributed by atoms with Gasteiger partial charge < -0.3 is 4.74 Å². The van der Waals surface area contributed by atoms with Crippen molar-refractivity contribution in [2.45, 2.75) is 38.5 Å². The first-order valence-electron chi connectivity index (χ1n) is 10.1. The molecule has 0 spiro atoms. The van der Waals surface area contributed by atoms with Crippen LogP contribution in [0.2, 0.25) is 0 Å². The van der Waals surface area contributed by atoms with Crippen LogP contribution >= 0.6 is 0 Å². The Morgan fingerprint density at radius 3 is 2.25 bits per heavy atom. The molecule has 6 nitrogen and oxygen atoms in total. The van der Waals surface area contributed by atoms with Crippen LogP contribution in [0.5, 0.6) is 0 Å². The molecule has 0 atom stereocenters. The molecular weight excluding hydrogens is 356 g/mol. The number of ketones is 1. The Balaban J connectivity index is 1.36. The second kappa shape index (κ2) is 6.26. The standard InChI is InChI=1S/C22H24N2O4/c1-24-20(26)17-5-3-2-4-16(17)19(23-24)21(27)28-12-18(25)22-9-13-6-14(10-22)8-15(7-13)11-22/h2-5,13-15H,6-12H2,1H3.